The van der Waals surface area contributed by atoms with Crippen LogP contribution in [0.2, 0.25) is 0 Å². The number of benzene rings is 1. The Bertz CT molecular complexity index is 457. The van der Waals surface area contributed by atoms with Gasteiger partial charge < -0.3 is 10.1 Å². The van der Waals surface area contributed by atoms with Crippen molar-refractivity contribution in [3.05, 3.63) is 39.9 Å². The molecule has 8 heteroatoms. The Balaban J connectivity index is 2.46. The summed E-state index contributed by atoms with van der Waals surface area (Å²) in [5.41, 5.74) is 0.529. The maximum Gasteiger partial charge on any atom is 0.415 e. The summed E-state index contributed by atoms with van der Waals surface area (Å²) in [6.07, 6.45) is -0.896. The third-order valence-corrected chi connectivity index (χ3v) is 1.96. The van der Waals surface area contributed by atoms with Gasteiger partial charge >= 0.3 is 12.1 Å². The van der Waals surface area contributed by atoms with Gasteiger partial charge in [0.1, 0.15) is 6.61 Å². The zero-order chi connectivity index (χ0) is 13.5. The molecule has 0 aliphatic rings. The van der Waals surface area contributed by atoms with Crippen LogP contribution in [0.15, 0.2) is 24.3 Å². The molecule has 18 heavy (non-hydrogen) atoms. The molecule has 0 spiro atoms. The Kier molecular flexibility index (Phi) is 4.61. The molecule has 0 aliphatic heterocycles. The lowest BCUT2D eigenvalue weighted by Gasteiger charge is -2.05. The molecule has 0 radical (unpaired) electrons. The normalized spacial score (nSPS) is 9.39. The number of nitrogens with zero attached hydrogens (tertiary/aromatic N) is 1. The molecule has 0 bridgehead atoms. The first-order valence-electron chi connectivity index (χ1n) is 4.91. The van der Waals surface area contributed by atoms with E-state index in [1.807, 2.05) is 5.32 Å². The lowest BCUT2D eigenvalue weighted by Crippen LogP contribution is -2.37. The van der Waals surface area contributed by atoms with Gasteiger partial charge in [-0.3, -0.25) is 10.1 Å². The van der Waals surface area contributed by atoms with Crippen LogP contribution < -0.4 is 10.6 Å². The molecular formula is C10H11N3O5. The molecule has 1 aromatic rings. The number of ether oxygens (including phenoxy) is 1. The molecular weight excluding hydrogens is 242 g/mol. The average molecular weight is 253 g/mol. The van der Waals surface area contributed by atoms with Crippen molar-refractivity contribution in [3.63, 3.8) is 0 Å². The SMILES string of the molecule is CNC(=O)NC(=O)OCc1ccc([N+](=O)[O-])cc1. The quantitative estimate of drug-likeness (QED) is 0.620. The number of imide groups is 1. The topological polar surface area (TPSA) is 111 Å². The van der Waals surface area contributed by atoms with Crippen LogP contribution in [-0.2, 0) is 11.3 Å². The molecule has 8 nitrogen and oxygen atoms in total. The molecule has 0 heterocycles. The van der Waals surface area contributed by atoms with Gasteiger partial charge in [0.25, 0.3) is 5.69 Å². The fourth-order valence-electron chi connectivity index (χ4n) is 1.05. The number of nitrogens with one attached hydrogen (secondary N) is 2. The lowest BCUT2D eigenvalue weighted by molar-refractivity contribution is -0.384. The van der Waals surface area contributed by atoms with Crippen molar-refractivity contribution in [1.82, 2.24) is 10.6 Å². The van der Waals surface area contributed by atoms with Crippen molar-refractivity contribution >= 4 is 17.8 Å². The summed E-state index contributed by atoms with van der Waals surface area (Å²) in [5, 5.41) is 14.5. The highest BCUT2D eigenvalue weighted by Crippen LogP contribution is 2.12. The summed E-state index contributed by atoms with van der Waals surface area (Å²) in [5.74, 6) is 0. The van der Waals surface area contributed by atoms with Crippen LogP contribution in [0.4, 0.5) is 15.3 Å². The predicted octanol–water partition coefficient (Wildman–Crippen LogP) is 1.16. The summed E-state index contributed by atoms with van der Waals surface area (Å²) >= 11 is 0. The molecule has 0 saturated carbocycles. The van der Waals surface area contributed by atoms with Crippen molar-refractivity contribution < 1.29 is 19.2 Å². The molecule has 0 fully saturated rings. The van der Waals surface area contributed by atoms with Gasteiger partial charge in [-0.15, -0.1) is 0 Å². The van der Waals surface area contributed by atoms with Crippen molar-refractivity contribution in [3.8, 4) is 0 Å². The number of carbonyl (C=O) groups is 2. The second-order valence-electron chi connectivity index (χ2n) is 3.20. The number of amides is 3. The van der Waals surface area contributed by atoms with E-state index in [-0.39, 0.29) is 12.3 Å². The number of non-ortho nitro benzene ring substituents is 1. The van der Waals surface area contributed by atoms with Crippen molar-refractivity contribution in [2.24, 2.45) is 0 Å². The van der Waals surface area contributed by atoms with E-state index in [0.717, 1.165) is 0 Å². The zero-order valence-electron chi connectivity index (χ0n) is 9.50. The third kappa shape index (κ3) is 4.08. The number of rotatable bonds is 3. The maximum atomic E-state index is 11.1. The van der Waals surface area contributed by atoms with Crippen LogP contribution in [0.1, 0.15) is 5.56 Å². The zero-order valence-corrected chi connectivity index (χ0v) is 9.50. The van der Waals surface area contributed by atoms with E-state index in [9.17, 15) is 19.7 Å². The molecule has 3 amide bonds. The smallest absolute Gasteiger partial charge is 0.415 e. The Labute approximate surface area is 102 Å². The molecule has 96 valence electrons. The van der Waals surface area contributed by atoms with Crippen LogP contribution in [0.3, 0.4) is 0 Å². The highest BCUT2D eigenvalue weighted by atomic mass is 16.6. The second kappa shape index (κ2) is 6.18. The molecule has 1 rings (SSSR count). The first-order chi connectivity index (χ1) is 8.52. The summed E-state index contributed by atoms with van der Waals surface area (Å²) in [7, 11) is 1.36. The molecule has 1 aromatic carbocycles. The van der Waals surface area contributed by atoms with Gasteiger partial charge in [0, 0.05) is 19.2 Å². The summed E-state index contributed by atoms with van der Waals surface area (Å²) < 4.78 is 4.72. The van der Waals surface area contributed by atoms with Crippen LogP contribution in [0.25, 0.3) is 0 Å². The van der Waals surface area contributed by atoms with E-state index in [1.54, 1.807) is 0 Å². The van der Waals surface area contributed by atoms with Gasteiger partial charge in [-0.1, -0.05) is 0 Å². The molecule has 0 unspecified atom stereocenters. The Morgan fingerprint density at radius 2 is 1.94 bits per heavy atom. The summed E-state index contributed by atoms with van der Waals surface area (Å²) in [6, 6.07) is 4.85. The number of nitro benzene ring substituents is 1. The van der Waals surface area contributed by atoms with Crippen molar-refractivity contribution in [2.45, 2.75) is 6.61 Å². The molecule has 0 saturated heterocycles. The fourth-order valence-corrected chi connectivity index (χ4v) is 1.05. The Morgan fingerprint density at radius 3 is 2.44 bits per heavy atom. The van der Waals surface area contributed by atoms with E-state index in [4.69, 9.17) is 4.74 Å². The first-order valence-corrected chi connectivity index (χ1v) is 4.91. The van der Waals surface area contributed by atoms with Gasteiger partial charge in [-0.25, -0.2) is 14.9 Å². The van der Waals surface area contributed by atoms with E-state index < -0.39 is 17.0 Å². The highest BCUT2D eigenvalue weighted by Gasteiger charge is 2.08. The number of carbonyl (C=O) groups excluding carboxylic acids is 2. The molecule has 0 atom stereocenters. The van der Waals surface area contributed by atoms with Crippen LogP contribution >= 0.6 is 0 Å². The third-order valence-electron chi connectivity index (χ3n) is 1.96. The number of hydrogen-bond donors (Lipinski definition) is 2. The summed E-state index contributed by atoms with van der Waals surface area (Å²) in [6.45, 7) is -0.0825. The van der Waals surface area contributed by atoms with E-state index in [1.165, 1.54) is 31.3 Å². The van der Waals surface area contributed by atoms with Gasteiger partial charge in [0.2, 0.25) is 0 Å². The molecule has 0 aromatic heterocycles. The minimum atomic E-state index is -0.896. The minimum Gasteiger partial charge on any atom is -0.444 e. The minimum absolute atomic E-state index is 0.0476. The van der Waals surface area contributed by atoms with Gasteiger partial charge in [-0.2, -0.15) is 0 Å². The Morgan fingerprint density at radius 1 is 1.33 bits per heavy atom. The number of nitro groups is 1. The molecule has 0 aliphatic carbocycles. The van der Waals surface area contributed by atoms with Crippen LogP contribution in [0.5, 0.6) is 0 Å². The lowest BCUT2D eigenvalue weighted by atomic mass is 10.2. The number of alkyl carbamates (subject to hydrolysis) is 1. The van der Waals surface area contributed by atoms with E-state index >= 15 is 0 Å². The predicted molar refractivity (Wildman–Crippen MR) is 60.9 cm³/mol. The van der Waals surface area contributed by atoms with E-state index in [0.29, 0.717) is 5.56 Å². The maximum absolute atomic E-state index is 11.1. The van der Waals surface area contributed by atoms with Crippen LogP contribution in [-0.4, -0.2) is 24.1 Å². The first kappa shape index (κ1) is 13.4. The summed E-state index contributed by atoms with van der Waals surface area (Å²) in [4.78, 5) is 31.7. The largest absolute Gasteiger partial charge is 0.444 e. The fraction of sp³-hybridized carbons (Fsp3) is 0.200. The van der Waals surface area contributed by atoms with Crippen LogP contribution in [0, 0.1) is 10.1 Å². The van der Waals surface area contributed by atoms with Gasteiger partial charge in [-0.05, 0) is 17.7 Å². The highest BCUT2D eigenvalue weighted by molar-refractivity contribution is 5.90. The van der Waals surface area contributed by atoms with Crippen molar-refractivity contribution in [2.75, 3.05) is 7.05 Å². The van der Waals surface area contributed by atoms with Crippen molar-refractivity contribution in [1.29, 1.82) is 0 Å². The average Bonchev–Trinajstić information content (AvgIpc) is 2.36. The van der Waals surface area contributed by atoms with Gasteiger partial charge in [0.05, 0.1) is 4.92 Å². The van der Waals surface area contributed by atoms with Gasteiger partial charge in [0.15, 0.2) is 0 Å². The second-order valence-corrected chi connectivity index (χ2v) is 3.20. The Hall–Kier alpha value is -2.64. The monoisotopic (exact) mass is 253 g/mol. The number of urea groups is 1. The van der Waals surface area contributed by atoms with E-state index in [2.05, 4.69) is 5.32 Å². The standard InChI is InChI=1S/C10H11N3O5/c1-11-9(14)12-10(15)18-6-7-2-4-8(5-3-7)13(16)17/h2-5H,6H2,1H3,(H2,11,12,14,15). The number of hydrogen-bond acceptors (Lipinski definition) is 5. The molecule has 2 N–H and O–H groups in total.